The van der Waals surface area contributed by atoms with E-state index in [0.29, 0.717) is 17.1 Å². The smallest absolute Gasteiger partial charge is 0.217 e. The summed E-state index contributed by atoms with van der Waals surface area (Å²) in [5.74, 6) is 1.80. The molecule has 0 radical (unpaired) electrons. The van der Waals surface area contributed by atoms with Gasteiger partial charge in [-0.2, -0.15) is 6.07 Å². The van der Waals surface area contributed by atoms with Gasteiger partial charge in [0, 0.05) is 50.0 Å². The molecule has 3 heterocycles. The number of ether oxygens (including phenoxy) is 1. The van der Waals surface area contributed by atoms with Crippen LogP contribution in [0.1, 0.15) is 22.3 Å². The number of aromatic hydroxyl groups is 1. The molecule has 1 N–H and O–H groups in total. The summed E-state index contributed by atoms with van der Waals surface area (Å²) in [5.41, 5.74) is 11.2. The Kier molecular flexibility index (Phi) is 8.10. The number of benzene rings is 5. The average molecular weight is 806 g/mol. The van der Waals surface area contributed by atoms with Crippen LogP contribution in [0.25, 0.3) is 60.8 Å². The van der Waals surface area contributed by atoms with Gasteiger partial charge in [-0.1, -0.05) is 71.7 Å². The fraction of sp³-hybridized carbons (Fsp3) is 0.0952. The van der Waals surface area contributed by atoms with Crippen molar-refractivity contribution in [3.8, 4) is 45.5 Å². The number of aryl methyl sites for hydroxylation is 4. The van der Waals surface area contributed by atoms with E-state index in [-0.39, 0.29) is 26.8 Å². The number of phenolic OH excluding ortho intramolecular Hbond substituents is 1. The van der Waals surface area contributed by atoms with Gasteiger partial charge in [-0.25, -0.2) is 9.97 Å². The topological polar surface area (TPSA) is 60.2 Å². The Balaban J connectivity index is 0.00000364. The summed E-state index contributed by atoms with van der Waals surface area (Å²) in [5, 5.41) is 14.3. The fourth-order valence-electron chi connectivity index (χ4n) is 6.94. The maximum absolute atomic E-state index is 11.3. The van der Waals surface area contributed by atoms with Crippen LogP contribution in [0.15, 0.2) is 115 Å². The van der Waals surface area contributed by atoms with Crippen LogP contribution >= 0.6 is 0 Å². The van der Waals surface area contributed by atoms with Gasteiger partial charge in [0.25, 0.3) is 0 Å². The second-order valence-corrected chi connectivity index (χ2v) is 12.2. The van der Waals surface area contributed by atoms with E-state index in [9.17, 15) is 5.11 Å². The van der Waals surface area contributed by atoms with Crippen molar-refractivity contribution in [2.75, 3.05) is 0 Å². The summed E-state index contributed by atoms with van der Waals surface area (Å²) < 4.78 is 8.64. The number of para-hydroxylation sites is 1. The molecule has 0 saturated heterocycles. The first-order chi connectivity index (χ1) is 22.9. The minimum Gasteiger partial charge on any atom is -0.506 e. The Bertz CT molecular complexity index is 2480. The van der Waals surface area contributed by atoms with Gasteiger partial charge in [0.15, 0.2) is 0 Å². The molecule has 5 nitrogen and oxygen atoms in total. The molecule has 0 fully saturated rings. The van der Waals surface area contributed by atoms with Gasteiger partial charge in [-0.05, 0) is 102 Å². The first kappa shape index (κ1) is 31.4. The van der Waals surface area contributed by atoms with E-state index >= 15 is 0 Å². The first-order valence-electron chi connectivity index (χ1n) is 15.7. The maximum Gasteiger partial charge on any atom is 0.217 e. The molecule has 0 aliphatic rings. The van der Waals surface area contributed by atoms with E-state index < -0.39 is 0 Å². The Morgan fingerprint density at radius 3 is 2.23 bits per heavy atom. The Morgan fingerprint density at radius 1 is 0.708 bits per heavy atom. The fourth-order valence-corrected chi connectivity index (χ4v) is 6.94. The summed E-state index contributed by atoms with van der Waals surface area (Å²) in [6.07, 6.45) is 1.83. The summed E-state index contributed by atoms with van der Waals surface area (Å²) in [6, 6.07) is 40.2. The molecule has 0 aliphatic heterocycles. The number of rotatable bonds is 5. The molecular weight excluding hydrogens is 774 g/mol. The minimum atomic E-state index is 0. The zero-order valence-electron chi connectivity index (χ0n) is 27.0. The van der Waals surface area contributed by atoms with Gasteiger partial charge in [0.05, 0.1) is 0 Å². The van der Waals surface area contributed by atoms with E-state index in [1.165, 1.54) is 16.7 Å². The van der Waals surface area contributed by atoms with Gasteiger partial charge >= 0.3 is 0 Å². The van der Waals surface area contributed by atoms with Crippen molar-refractivity contribution in [3.63, 3.8) is 0 Å². The number of hydrogen-bond acceptors (Lipinski definition) is 4. The average Bonchev–Trinajstić information content (AvgIpc) is 3.39. The molecule has 48 heavy (non-hydrogen) atoms. The molecule has 0 amide bonds. The molecule has 0 spiro atoms. The second kappa shape index (κ2) is 12.4. The third-order valence-corrected chi connectivity index (χ3v) is 8.85. The van der Waals surface area contributed by atoms with Crippen molar-refractivity contribution in [3.05, 3.63) is 144 Å². The van der Waals surface area contributed by atoms with Crippen molar-refractivity contribution in [1.82, 2.24) is 14.5 Å². The molecule has 5 aromatic carbocycles. The van der Waals surface area contributed by atoms with E-state index in [1.807, 2.05) is 60.8 Å². The third-order valence-electron chi connectivity index (χ3n) is 8.85. The molecule has 0 aliphatic carbocycles. The van der Waals surface area contributed by atoms with Gasteiger partial charge in [0.1, 0.15) is 17.1 Å². The molecule has 6 heteroatoms. The quantitative estimate of drug-likeness (QED) is 0.176. The van der Waals surface area contributed by atoms with Crippen molar-refractivity contribution >= 4 is 32.7 Å². The molecule has 0 saturated carbocycles. The molecule has 3 aromatic heterocycles. The number of hydrogen-bond donors (Lipinski definition) is 1. The van der Waals surface area contributed by atoms with E-state index in [1.54, 1.807) is 6.07 Å². The summed E-state index contributed by atoms with van der Waals surface area (Å²) >= 11 is 0. The van der Waals surface area contributed by atoms with Crippen molar-refractivity contribution < 1.29 is 30.9 Å². The number of fused-ring (bicyclic) bond motifs is 4. The standard InChI is InChI=1S/C42H32N3O2.Pt/c1-25-18-19-43-38(22-25)45-35-13-9-8-12-31(35)32-15-14-30(23-36(32)45)47-39-24-34(29-10-6-5-7-11-29)41-33(16-17-37(46)42(41)44-39)40-27(3)20-26(2)21-28(40)4;/h5-22,24,46H,1-4H3;/q-1;. The van der Waals surface area contributed by atoms with Crippen LogP contribution in [0.2, 0.25) is 0 Å². The van der Waals surface area contributed by atoms with Gasteiger partial charge in [-0.3, -0.25) is 0 Å². The van der Waals surface area contributed by atoms with Crippen LogP contribution in [0, 0.1) is 33.8 Å². The van der Waals surface area contributed by atoms with Gasteiger partial charge < -0.3 is 14.4 Å². The number of nitrogens with zero attached hydrogens (tertiary/aromatic N) is 3. The Hall–Kier alpha value is -5.25. The number of pyridine rings is 2. The largest absolute Gasteiger partial charge is 0.506 e. The van der Waals surface area contributed by atoms with Crippen LogP contribution < -0.4 is 4.74 Å². The molecule has 0 bridgehead atoms. The van der Waals surface area contributed by atoms with Crippen LogP contribution in [0.3, 0.4) is 0 Å². The molecule has 0 unspecified atom stereocenters. The normalized spacial score (nSPS) is 11.2. The summed E-state index contributed by atoms with van der Waals surface area (Å²) in [4.78, 5) is 9.62. The van der Waals surface area contributed by atoms with E-state index in [2.05, 4.69) is 86.9 Å². The molecular formula is C42H32N3O2Pt-. The molecule has 238 valence electrons. The zero-order chi connectivity index (χ0) is 32.2. The van der Waals surface area contributed by atoms with Crippen LogP contribution in [0.5, 0.6) is 17.4 Å². The van der Waals surface area contributed by atoms with Crippen LogP contribution in [-0.2, 0) is 21.1 Å². The second-order valence-electron chi connectivity index (χ2n) is 12.2. The van der Waals surface area contributed by atoms with Gasteiger partial charge in [0.2, 0.25) is 5.88 Å². The summed E-state index contributed by atoms with van der Waals surface area (Å²) in [6.45, 7) is 8.46. The first-order valence-corrected chi connectivity index (χ1v) is 15.7. The Morgan fingerprint density at radius 2 is 1.46 bits per heavy atom. The predicted molar refractivity (Wildman–Crippen MR) is 191 cm³/mol. The van der Waals surface area contributed by atoms with Crippen LogP contribution in [0.4, 0.5) is 0 Å². The zero-order valence-corrected chi connectivity index (χ0v) is 29.3. The number of aromatic nitrogens is 3. The van der Waals surface area contributed by atoms with Gasteiger partial charge in [-0.15, -0.1) is 17.5 Å². The SMILES string of the molecule is Cc1ccnc(-n2c3[c-]c(Oc4cc(-c5ccccc5)c5c(-c6c(C)cc(C)cc6C)ccc(O)c5n4)ccc3c3ccccc32)c1.[Pt]. The van der Waals surface area contributed by atoms with Crippen molar-refractivity contribution in [2.24, 2.45) is 0 Å². The predicted octanol–water partition coefficient (Wildman–Crippen LogP) is 10.6. The van der Waals surface area contributed by atoms with E-state index in [4.69, 9.17) is 14.7 Å². The molecule has 8 aromatic rings. The minimum absolute atomic E-state index is 0. The number of phenols is 1. The molecule has 8 rings (SSSR count). The monoisotopic (exact) mass is 805 g/mol. The van der Waals surface area contributed by atoms with Crippen LogP contribution in [-0.4, -0.2) is 19.6 Å². The third kappa shape index (κ3) is 5.35. The van der Waals surface area contributed by atoms with E-state index in [0.717, 1.165) is 60.8 Å². The van der Waals surface area contributed by atoms with Crippen molar-refractivity contribution in [2.45, 2.75) is 27.7 Å². The van der Waals surface area contributed by atoms with Crippen molar-refractivity contribution in [1.29, 1.82) is 0 Å². The Labute approximate surface area is 293 Å². The summed E-state index contributed by atoms with van der Waals surface area (Å²) in [7, 11) is 0. The maximum atomic E-state index is 11.3. The molecule has 0 atom stereocenters.